The van der Waals surface area contributed by atoms with Crippen molar-refractivity contribution in [2.75, 3.05) is 19.7 Å². The zero-order valence-electron chi connectivity index (χ0n) is 12.6. The Hall–Kier alpha value is -2.21. The quantitative estimate of drug-likeness (QED) is 0.854. The molecule has 1 aliphatic heterocycles. The van der Waals surface area contributed by atoms with Crippen molar-refractivity contribution in [2.24, 2.45) is 0 Å². The van der Waals surface area contributed by atoms with Gasteiger partial charge in [0.15, 0.2) is 0 Å². The van der Waals surface area contributed by atoms with Crippen LogP contribution in [0.3, 0.4) is 0 Å². The predicted octanol–water partition coefficient (Wildman–Crippen LogP) is 2.18. The third-order valence-corrected chi connectivity index (χ3v) is 3.85. The van der Waals surface area contributed by atoms with E-state index in [0.29, 0.717) is 36.6 Å². The van der Waals surface area contributed by atoms with Gasteiger partial charge in [-0.3, -0.25) is 4.79 Å². The smallest absolute Gasteiger partial charge is 0.257 e. The number of halogens is 1. The number of aromatic nitrogens is 2. The Morgan fingerprint density at radius 3 is 2.91 bits per heavy atom. The van der Waals surface area contributed by atoms with E-state index >= 15 is 0 Å². The zero-order valence-corrected chi connectivity index (χ0v) is 12.6. The van der Waals surface area contributed by atoms with E-state index in [1.807, 2.05) is 6.92 Å². The van der Waals surface area contributed by atoms with Gasteiger partial charge in [-0.15, -0.1) is 0 Å². The van der Waals surface area contributed by atoms with Crippen LogP contribution in [0.15, 0.2) is 30.5 Å². The molecule has 22 heavy (non-hydrogen) atoms. The van der Waals surface area contributed by atoms with E-state index in [9.17, 15) is 9.18 Å². The van der Waals surface area contributed by atoms with Crippen molar-refractivity contribution in [3.63, 3.8) is 0 Å². The van der Waals surface area contributed by atoms with Crippen molar-refractivity contribution in [3.8, 4) is 5.69 Å². The number of para-hydroxylation sites is 1. The summed E-state index contributed by atoms with van der Waals surface area (Å²) in [4.78, 5) is 14.4. The fraction of sp³-hybridized carbons (Fsp3) is 0.375. The van der Waals surface area contributed by atoms with Crippen LogP contribution in [0, 0.1) is 12.7 Å². The molecule has 0 radical (unpaired) electrons. The van der Waals surface area contributed by atoms with Gasteiger partial charge in [0, 0.05) is 13.1 Å². The predicted molar refractivity (Wildman–Crippen MR) is 79.6 cm³/mol. The highest BCUT2D eigenvalue weighted by molar-refractivity contribution is 5.95. The number of benzene rings is 1. The number of morpholine rings is 1. The average molecular weight is 303 g/mol. The second kappa shape index (κ2) is 5.88. The van der Waals surface area contributed by atoms with Crippen LogP contribution in [0.2, 0.25) is 0 Å². The molecule has 1 unspecified atom stereocenters. The number of amides is 1. The standard InChI is InChI=1S/C16H18FN3O2/c1-11-10-19(7-8-22-11)16(21)13-9-18-20(12(13)2)15-6-4-3-5-14(15)17/h3-6,9,11H,7-8,10H2,1-2H3. The SMILES string of the molecule is Cc1c(C(=O)N2CCOC(C)C2)cnn1-c1ccccc1F. The van der Waals surface area contributed by atoms with Gasteiger partial charge < -0.3 is 9.64 Å². The first-order valence-electron chi connectivity index (χ1n) is 7.28. The van der Waals surface area contributed by atoms with Crippen molar-refractivity contribution in [1.29, 1.82) is 0 Å². The van der Waals surface area contributed by atoms with Gasteiger partial charge in [0.05, 0.1) is 30.2 Å². The van der Waals surface area contributed by atoms with Crippen molar-refractivity contribution in [2.45, 2.75) is 20.0 Å². The lowest BCUT2D eigenvalue weighted by atomic mass is 10.2. The maximum atomic E-state index is 13.9. The van der Waals surface area contributed by atoms with Crippen LogP contribution < -0.4 is 0 Å². The number of hydrogen-bond donors (Lipinski definition) is 0. The van der Waals surface area contributed by atoms with Crippen molar-refractivity contribution < 1.29 is 13.9 Å². The molecule has 6 heteroatoms. The van der Waals surface area contributed by atoms with E-state index in [2.05, 4.69) is 5.10 Å². The summed E-state index contributed by atoms with van der Waals surface area (Å²) in [5.41, 5.74) is 1.47. The maximum absolute atomic E-state index is 13.9. The highest BCUT2D eigenvalue weighted by Crippen LogP contribution is 2.19. The Labute approximate surface area is 128 Å². The second-order valence-corrected chi connectivity index (χ2v) is 5.44. The number of ether oxygens (including phenoxy) is 1. The van der Waals surface area contributed by atoms with Gasteiger partial charge in [0.1, 0.15) is 11.5 Å². The highest BCUT2D eigenvalue weighted by Gasteiger charge is 2.25. The first-order valence-corrected chi connectivity index (χ1v) is 7.28. The molecular formula is C16H18FN3O2. The summed E-state index contributed by atoms with van der Waals surface area (Å²) in [6.07, 6.45) is 1.53. The summed E-state index contributed by atoms with van der Waals surface area (Å²) in [5.74, 6) is -0.456. The minimum Gasteiger partial charge on any atom is -0.375 e. The molecule has 5 nitrogen and oxygen atoms in total. The molecule has 0 bridgehead atoms. The van der Waals surface area contributed by atoms with Gasteiger partial charge in [-0.05, 0) is 26.0 Å². The first kappa shape index (κ1) is 14.7. The Kier molecular flexibility index (Phi) is 3.94. The summed E-state index contributed by atoms with van der Waals surface area (Å²) < 4.78 is 20.8. The summed E-state index contributed by atoms with van der Waals surface area (Å²) >= 11 is 0. The molecule has 0 N–H and O–H groups in total. The molecule has 116 valence electrons. The van der Waals surface area contributed by atoms with Crippen molar-refractivity contribution >= 4 is 5.91 Å². The third-order valence-electron chi connectivity index (χ3n) is 3.85. The molecule has 1 fully saturated rings. The lowest BCUT2D eigenvalue weighted by Crippen LogP contribution is -2.44. The highest BCUT2D eigenvalue weighted by atomic mass is 19.1. The zero-order chi connectivity index (χ0) is 15.7. The minimum absolute atomic E-state index is 0.0274. The summed E-state index contributed by atoms with van der Waals surface area (Å²) in [5, 5.41) is 4.18. The molecule has 1 saturated heterocycles. The second-order valence-electron chi connectivity index (χ2n) is 5.44. The third kappa shape index (κ3) is 2.62. The van der Waals surface area contributed by atoms with E-state index < -0.39 is 0 Å². The molecule has 3 rings (SSSR count). The molecule has 1 aromatic heterocycles. The molecular weight excluding hydrogens is 285 g/mol. The van der Waals surface area contributed by atoms with E-state index in [0.717, 1.165) is 0 Å². The monoisotopic (exact) mass is 303 g/mol. The van der Waals surface area contributed by atoms with Gasteiger partial charge in [-0.1, -0.05) is 12.1 Å². The topological polar surface area (TPSA) is 47.4 Å². The van der Waals surface area contributed by atoms with Crippen LogP contribution in [0.4, 0.5) is 4.39 Å². The van der Waals surface area contributed by atoms with Crippen LogP contribution in [-0.2, 0) is 4.74 Å². The number of nitrogens with zero attached hydrogens (tertiary/aromatic N) is 3. The van der Waals surface area contributed by atoms with Crippen LogP contribution >= 0.6 is 0 Å². The fourth-order valence-corrected chi connectivity index (χ4v) is 2.66. The fourth-order valence-electron chi connectivity index (χ4n) is 2.66. The average Bonchev–Trinajstić information content (AvgIpc) is 2.88. The van der Waals surface area contributed by atoms with Crippen LogP contribution in [-0.4, -0.2) is 46.4 Å². The van der Waals surface area contributed by atoms with E-state index in [1.54, 1.807) is 30.0 Å². The van der Waals surface area contributed by atoms with Crippen LogP contribution in [0.5, 0.6) is 0 Å². The number of carbonyl (C=O) groups is 1. The minimum atomic E-state index is -0.368. The first-order chi connectivity index (χ1) is 10.6. The molecule has 2 heterocycles. The van der Waals surface area contributed by atoms with Gasteiger partial charge in [0.25, 0.3) is 5.91 Å². The molecule has 1 atom stereocenters. The van der Waals surface area contributed by atoms with E-state index in [4.69, 9.17) is 4.74 Å². The summed E-state index contributed by atoms with van der Waals surface area (Å²) in [6, 6.07) is 6.38. The maximum Gasteiger partial charge on any atom is 0.257 e. The van der Waals surface area contributed by atoms with Crippen LogP contribution in [0.1, 0.15) is 23.0 Å². The molecule has 0 aliphatic carbocycles. The molecule has 1 aromatic carbocycles. The van der Waals surface area contributed by atoms with Gasteiger partial charge in [0.2, 0.25) is 0 Å². The lowest BCUT2D eigenvalue weighted by Gasteiger charge is -2.31. The molecule has 1 aliphatic rings. The van der Waals surface area contributed by atoms with Crippen molar-refractivity contribution in [3.05, 3.63) is 47.5 Å². The molecule has 1 amide bonds. The molecule has 2 aromatic rings. The van der Waals surface area contributed by atoms with E-state index in [1.165, 1.54) is 16.9 Å². The number of carbonyl (C=O) groups excluding carboxylic acids is 1. The Morgan fingerprint density at radius 2 is 2.18 bits per heavy atom. The van der Waals surface area contributed by atoms with Gasteiger partial charge in [-0.2, -0.15) is 5.10 Å². The molecule has 0 spiro atoms. The van der Waals surface area contributed by atoms with Crippen molar-refractivity contribution in [1.82, 2.24) is 14.7 Å². The Bertz CT molecular complexity index is 698. The molecule has 0 saturated carbocycles. The Morgan fingerprint density at radius 1 is 1.41 bits per heavy atom. The largest absolute Gasteiger partial charge is 0.375 e. The van der Waals surface area contributed by atoms with Gasteiger partial charge in [-0.25, -0.2) is 9.07 Å². The Balaban J connectivity index is 1.90. The summed E-state index contributed by atoms with van der Waals surface area (Å²) in [7, 11) is 0. The van der Waals surface area contributed by atoms with Crippen LogP contribution in [0.25, 0.3) is 5.69 Å². The number of hydrogen-bond acceptors (Lipinski definition) is 3. The lowest BCUT2D eigenvalue weighted by molar-refractivity contribution is -0.0124. The van der Waals surface area contributed by atoms with Gasteiger partial charge >= 0.3 is 0 Å². The van der Waals surface area contributed by atoms with E-state index in [-0.39, 0.29) is 17.8 Å². The number of rotatable bonds is 2. The summed E-state index contributed by atoms with van der Waals surface area (Å²) in [6.45, 7) is 5.37. The normalized spacial score (nSPS) is 18.5.